The monoisotopic (exact) mass is 356 g/mol. The molecule has 0 spiro atoms. The van der Waals surface area contributed by atoms with Gasteiger partial charge in [0.1, 0.15) is 11.5 Å². The Hall–Kier alpha value is -2.73. The second-order valence-electron chi connectivity index (χ2n) is 6.06. The summed E-state index contributed by atoms with van der Waals surface area (Å²) in [7, 11) is 3.16. The van der Waals surface area contributed by atoms with E-state index in [2.05, 4.69) is 22.3 Å². The van der Waals surface area contributed by atoms with Crippen LogP contribution in [0.1, 0.15) is 5.56 Å². The zero-order valence-electron chi connectivity index (χ0n) is 15.2. The predicted octanol–water partition coefficient (Wildman–Crippen LogP) is 2.72. The zero-order valence-corrected chi connectivity index (χ0v) is 15.2. The number of rotatable bonds is 6. The minimum absolute atomic E-state index is 0.101. The Labute approximate surface area is 153 Å². The summed E-state index contributed by atoms with van der Waals surface area (Å²) in [4.78, 5) is 14.7. The molecule has 0 aliphatic carbocycles. The molecule has 1 amide bonds. The molecule has 2 aromatic rings. The van der Waals surface area contributed by atoms with E-state index >= 15 is 0 Å². The Balaban J connectivity index is 1.63. The minimum atomic E-state index is -0.101. The Bertz CT molecular complexity index is 740. The highest BCUT2D eigenvalue weighted by Crippen LogP contribution is 2.29. The molecule has 6 heteroatoms. The van der Waals surface area contributed by atoms with Crippen molar-refractivity contribution >= 4 is 17.3 Å². The molecular formula is C20H24N2O4. The van der Waals surface area contributed by atoms with Crippen molar-refractivity contribution < 1.29 is 19.0 Å². The first kappa shape index (κ1) is 18.1. The molecular weight excluding hydrogens is 332 g/mol. The van der Waals surface area contributed by atoms with Crippen LogP contribution in [0.4, 0.5) is 11.4 Å². The molecule has 0 saturated carbocycles. The fraction of sp³-hybridized carbons (Fsp3) is 0.350. The van der Waals surface area contributed by atoms with E-state index in [-0.39, 0.29) is 5.91 Å². The lowest BCUT2D eigenvalue weighted by molar-refractivity contribution is -0.115. The highest BCUT2D eigenvalue weighted by atomic mass is 16.5. The van der Waals surface area contributed by atoms with Crippen molar-refractivity contribution in [2.24, 2.45) is 0 Å². The van der Waals surface area contributed by atoms with Crippen LogP contribution < -0.4 is 19.7 Å². The van der Waals surface area contributed by atoms with Gasteiger partial charge in [0, 0.05) is 24.8 Å². The van der Waals surface area contributed by atoms with Crippen LogP contribution in [0.25, 0.3) is 0 Å². The fourth-order valence-electron chi connectivity index (χ4n) is 2.94. The van der Waals surface area contributed by atoms with Crippen molar-refractivity contribution in [3.05, 3.63) is 48.0 Å². The van der Waals surface area contributed by atoms with E-state index in [1.54, 1.807) is 32.4 Å². The molecule has 0 radical (unpaired) electrons. The van der Waals surface area contributed by atoms with Gasteiger partial charge < -0.3 is 24.4 Å². The van der Waals surface area contributed by atoms with Crippen molar-refractivity contribution in [2.75, 3.05) is 50.7 Å². The van der Waals surface area contributed by atoms with Crippen molar-refractivity contribution in [3.8, 4) is 11.5 Å². The van der Waals surface area contributed by atoms with Crippen molar-refractivity contribution in [1.29, 1.82) is 0 Å². The predicted molar refractivity (Wildman–Crippen MR) is 101 cm³/mol. The lowest BCUT2D eigenvalue weighted by Gasteiger charge is -2.28. The average molecular weight is 356 g/mol. The molecule has 0 unspecified atom stereocenters. The van der Waals surface area contributed by atoms with Crippen LogP contribution in [0, 0.1) is 0 Å². The maximum absolute atomic E-state index is 12.4. The number of hydrogen-bond donors (Lipinski definition) is 1. The summed E-state index contributed by atoms with van der Waals surface area (Å²) < 4.78 is 15.9. The number of amides is 1. The molecule has 0 bridgehead atoms. The quantitative estimate of drug-likeness (QED) is 0.862. The normalized spacial score (nSPS) is 14.0. The molecule has 138 valence electrons. The summed E-state index contributed by atoms with van der Waals surface area (Å²) in [6.45, 7) is 3.31. The van der Waals surface area contributed by atoms with E-state index < -0.39 is 0 Å². The number of carbonyl (C=O) groups is 1. The van der Waals surface area contributed by atoms with Gasteiger partial charge in [0.05, 0.1) is 39.5 Å². The van der Waals surface area contributed by atoms with Gasteiger partial charge in [-0.2, -0.15) is 0 Å². The third-order valence-corrected chi connectivity index (χ3v) is 4.36. The molecule has 1 N–H and O–H groups in total. The van der Waals surface area contributed by atoms with Gasteiger partial charge >= 0.3 is 0 Å². The topological polar surface area (TPSA) is 60.0 Å². The van der Waals surface area contributed by atoms with E-state index in [0.717, 1.165) is 37.6 Å². The van der Waals surface area contributed by atoms with Gasteiger partial charge in [0.25, 0.3) is 0 Å². The van der Waals surface area contributed by atoms with E-state index in [1.807, 2.05) is 12.1 Å². The molecule has 2 aromatic carbocycles. The largest absolute Gasteiger partial charge is 0.497 e. The third kappa shape index (κ3) is 4.46. The molecule has 1 fully saturated rings. The third-order valence-electron chi connectivity index (χ3n) is 4.36. The first-order chi connectivity index (χ1) is 12.7. The number of nitrogens with zero attached hydrogens (tertiary/aromatic N) is 1. The van der Waals surface area contributed by atoms with Crippen molar-refractivity contribution in [1.82, 2.24) is 0 Å². The van der Waals surface area contributed by atoms with Gasteiger partial charge in [-0.05, 0) is 29.8 Å². The number of hydrogen-bond acceptors (Lipinski definition) is 5. The maximum atomic E-state index is 12.4. The number of anilines is 2. The minimum Gasteiger partial charge on any atom is -0.497 e. The Morgan fingerprint density at radius 3 is 2.46 bits per heavy atom. The number of benzene rings is 2. The molecule has 3 rings (SSSR count). The summed E-state index contributed by atoms with van der Waals surface area (Å²) in [6.07, 6.45) is 0.295. The zero-order chi connectivity index (χ0) is 18.4. The highest BCUT2D eigenvalue weighted by molar-refractivity contribution is 5.94. The highest BCUT2D eigenvalue weighted by Gasteiger charge is 2.12. The summed E-state index contributed by atoms with van der Waals surface area (Å²) in [6, 6.07) is 13.4. The van der Waals surface area contributed by atoms with Crippen LogP contribution in [0.2, 0.25) is 0 Å². The number of morpholine rings is 1. The average Bonchev–Trinajstić information content (AvgIpc) is 2.69. The molecule has 26 heavy (non-hydrogen) atoms. The SMILES string of the molecule is COc1ccc(OC)c(NC(=O)Cc2ccc(N3CCOCC3)cc2)c1. The van der Waals surface area contributed by atoms with E-state index in [0.29, 0.717) is 23.6 Å². The molecule has 1 aliphatic rings. The Kier molecular flexibility index (Phi) is 5.96. The van der Waals surface area contributed by atoms with Gasteiger partial charge in [-0.15, -0.1) is 0 Å². The first-order valence-corrected chi connectivity index (χ1v) is 8.63. The molecule has 1 saturated heterocycles. The number of nitrogens with one attached hydrogen (secondary N) is 1. The van der Waals surface area contributed by atoms with Crippen LogP contribution in [0.15, 0.2) is 42.5 Å². The number of carbonyl (C=O) groups excluding carboxylic acids is 1. The number of ether oxygens (including phenoxy) is 3. The van der Waals surface area contributed by atoms with Gasteiger partial charge in [0.15, 0.2) is 0 Å². The number of methoxy groups -OCH3 is 2. The Morgan fingerprint density at radius 1 is 1.08 bits per heavy atom. The summed E-state index contributed by atoms with van der Waals surface area (Å²) in [5.41, 5.74) is 2.72. The van der Waals surface area contributed by atoms with Crippen LogP contribution in [-0.2, 0) is 16.0 Å². The van der Waals surface area contributed by atoms with Crippen molar-refractivity contribution in [2.45, 2.75) is 6.42 Å². The molecule has 6 nitrogen and oxygen atoms in total. The maximum Gasteiger partial charge on any atom is 0.228 e. The van der Waals surface area contributed by atoms with Gasteiger partial charge in [-0.25, -0.2) is 0 Å². The lowest BCUT2D eigenvalue weighted by Crippen LogP contribution is -2.36. The van der Waals surface area contributed by atoms with E-state index in [4.69, 9.17) is 14.2 Å². The molecule has 0 atom stereocenters. The second-order valence-corrected chi connectivity index (χ2v) is 6.06. The van der Waals surface area contributed by atoms with Crippen LogP contribution in [-0.4, -0.2) is 46.4 Å². The van der Waals surface area contributed by atoms with Gasteiger partial charge in [-0.3, -0.25) is 4.79 Å². The molecule has 0 aromatic heterocycles. The van der Waals surface area contributed by atoms with Crippen LogP contribution in [0.3, 0.4) is 0 Å². The van der Waals surface area contributed by atoms with Crippen LogP contribution in [0.5, 0.6) is 11.5 Å². The smallest absolute Gasteiger partial charge is 0.228 e. The second kappa shape index (κ2) is 8.58. The first-order valence-electron chi connectivity index (χ1n) is 8.63. The van der Waals surface area contributed by atoms with E-state index in [1.165, 1.54) is 0 Å². The van der Waals surface area contributed by atoms with Gasteiger partial charge in [0.2, 0.25) is 5.91 Å². The summed E-state index contributed by atoms with van der Waals surface area (Å²) in [5.74, 6) is 1.16. The van der Waals surface area contributed by atoms with Crippen LogP contribution >= 0.6 is 0 Å². The summed E-state index contributed by atoms with van der Waals surface area (Å²) >= 11 is 0. The lowest BCUT2D eigenvalue weighted by atomic mass is 10.1. The standard InChI is InChI=1S/C20H24N2O4/c1-24-17-7-8-19(25-2)18(14-17)21-20(23)13-15-3-5-16(6-4-15)22-9-11-26-12-10-22/h3-8,14H,9-13H2,1-2H3,(H,21,23). The van der Waals surface area contributed by atoms with E-state index in [9.17, 15) is 4.79 Å². The molecule has 1 heterocycles. The fourth-order valence-corrected chi connectivity index (χ4v) is 2.94. The Morgan fingerprint density at radius 2 is 1.81 bits per heavy atom. The van der Waals surface area contributed by atoms with Crippen molar-refractivity contribution in [3.63, 3.8) is 0 Å². The summed E-state index contributed by atoms with van der Waals surface area (Å²) in [5, 5.41) is 2.89. The molecule has 1 aliphatic heterocycles. The van der Waals surface area contributed by atoms with Gasteiger partial charge in [-0.1, -0.05) is 12.1 Å².